The molecule has 3 amide bonds. The van der Waals surface area contributed by atoms with Gasteiger partial charge in [0.25, 0.3) is 0 Å². The van der Waals surface area contributed by atoms with E-state index in [9.17, 15) is 9.59 Å². The van der Waals surface area contributed by atoms with E-state index < -0.39 is 0 Å². The lowest BCUT2D eigenvalue weighted by molar-refractivity contribution is -0.116. The van der Waals surface area contributed by atoms with Crippen molar-refractivity contribution >= 4 is 29.0 Å². The van der Waals surface area contributed by atoms with Crippen molar-refractivity contribution < 1.29 is 9.59 Å². The first-order valence-corrected chi connectivity index (χ1v) is 7.43. The van der Waals surface area contributed by atoms with Crippen LogP contribution in [0.4, 0.5) is 21.9 Å². The number of nitrogens with zero attached hydrogens (tertiary/aromatic N) is 4. The van der Waals surface area contributed by atoms with Gasteiger partial charge in [-0.3, -0.25) is 4.79 Å². The molecule has 0 bridgehead atoms. The maximum Gasteiger partial charge on any atom is 0.323 e. The molecule has 3 N–H and O–H groups in total. The summed E-state index contributed by atoms with van der Waals surface area (Å²) in [6, 6.07) is 15.6. The van der Waals surface area contributed by atoms with Gasteiger partial charge in [-0.1, -0.05) is 24.3 Å². The topological polar surface area (TPSA) is 114 Å². The Balaban J connectivity index is 1.57. The third kappa shape index (κ3) is 4.86. The van der Waals surface area contributed by atoms with E-state index in [2.05, 4.69) is 31.5 Å². The van der Waals surface area contributed by atoms with Gasteiger partial charge in [-0.2, -0.15) is 0 Å². The van der Waals surface area contributed by atoms with E-state index in [0.717, 1.165) is 0 Å². The van der Waals surface area contributed by atoms with E-state index in [1.54, 1.807) is 36.4 Å². The molecule has 9 nitrogen and oxygen atoms in total. The molecule has 3 rings (SSSR count). The Bertz CT molecular complexity index is 850. The van der Waals surface area contributed by atoms with Crippen LogP contribution >= 0.6 is 0 Å². The number of benzene rings is 2. The van der Waals surface area contributed by atoms with Crippen LogP contribution < -0.4 is 16.0 Å². The number of aromatic nitrogens is 4. The highest BCUT2D eigenvalue weighted by molar-refractivity contribution is 6.00. The van der Waals surface area contributed by atoms with Crippen molar-refractivity contribution in [1.29, 1.82) is 0 Å². The van der Waals surface area contributed by atoms with Crippen LogP contribution in [0.15, 0.2) is 60.9 Å². The molecule has 1 aromatic heterocycles. The van der Waals surface area contributed by atoms with Crippen LogP contribution in [0, 0.1) is 0 Å². The zero-order chi connectivity index (χ0) is 17.5. The highest BCUT2D eigenvalue weighted by atomic mass is 16.2. The number of carbonyl (C=O) groups excluding carboxylic acids is 2. The van der Waals surface area contributed by atoms with Crippen molar-refractivity contribution in [2.75, 3.05) is 16.0 Å². The normalized spacial score (nSPS) is 10.1. The Hall–Kier alpha value is -3.75. The standard InChI is InChI=1S/C16H15N7O2/c24-15(10-23-11-17-21-22-23)18-13-7-4-8-14(9-13)20-16(25)19-12-5-2-1-3-6-12/h1-9,11H,10H2,(H,18,24)(H2,19,20,25). The molecule has 9 heteroatoms. The molecule has 126 valence electrons. The molecular formula is C16H15N7O2. The minimum absolute atomic E-state index is 0.000844. The van der Waals surface area contributed by atoms with Crippen molar-refractivity contribution in [2.24, 2.45) is 0 Å². The summed E-state index contributed by atoms with van der Waals surface area (Å²) in [4.78, 5) is 23.9. The van der Waals surface area contributed by atoms with Crippen molar-refractivity contribution in [3.05, 3.63) is 60.9 Å². The van der Waals surface area contributed by atoms with Gasteiger partial charge in [-0.25, -0.2) is 9.48 Å². The largest absolute Gasteiger partial charge is 0.324 e. The molecule has 0 saturated carbocycles. The van der Waals surface area contributed by atoms with Gasteiger partial charge in [-0.15, -0.1) is 5.10 Å². The first-order chi connectivity index (χ1) is 12.2. The smallest absolute Gasteiger partial charge is 0.323 e. The fourth-order valence-corrected chi connectivity index (χ4v) is 2.09. The molecule has 1 heterocycles. The number of tetrazole rings is 1. The summed E-state index contributed by atoms with van der Waals surface area (Å²) in [7, 11) is 0. The summed E-state index contributed by atoms with van der Waals surface area (Å²) in [5.41, 5.74) is 1.79. The van der Waals surface area contributed by atoms with E-state index in [4.69, 9.17) is 0 Å². The summed E-state index contributed by atoms with van der Waals surface area (Å²) in [5, 5.41) is 18.7. The monoisotopic (exact) mass is 337 g/mol. The highest BCUT2D eigenvalue weighted by Crippen LogP contribution is 2.16. The van der Waals surface area contributed by atoms with Gasteiger partial charge >= 0.3 is 6.03 Å². The van der Waals surface area contributed by atoms with Gasteiger partial charge in [0.1, 0.15) is 12.9 Å². The molecular weight excluding hydrogens is 322 g/mol. The molecule has 0 aliphatic heterocycles. The van der Waals surface area contributed by atoms with E-state index >= 15 is 0 Å². The number of amides is 3. The van der Waals surface area contributed by atoms with Gasteiger partial charge in [0.05, 0.1) is 0 Å². The van der Waals surface area contributed by atoms with Crippen molar-refractivity contribution in [2.45, 2.75) is 6.54 Å². The molecule has 3 aromatic rings. The third-order valence-corrected chi connectivity index (χ3v) is 3.13. The van der Waals surface area contributed by atoms with Crippen molar-refractivity contribution in [1.82, 2.24) is 20.2 Å². The van der Waals surface area contributed by atoms with Gasteiger partial charge in [-0.05, 0) is 40.8 Å². The number of nitrogens with one attached hydrogen (secondary N) is 3. The van der Waals surface area contributed by atoms with E-state index in [1.165, 1.54) is 11.0 Å². The van der Waals surface area contributed by atoms with Crippen molar-refractivity contribution in [3.63, 3.8) is 0 Å². The number of rotatable bonds is 5. The van der Waals surface area contributed by atoms with Crippen LogP contribution in [0.3, 0.4) is 0 Å². The minimum Gasteiger partial charge on any atom is -0.324 e. The molecule has 0 spiro atoms. The molecule has 2 aromatic carbocycles. The van der Waals surface area contributed by atoms with Crippen LogP contribution in [0.25, 0.3) is 0 Å². The number of hydrogen-bond donors (Lipinski definition) is 3. The summed E-state index contributed by atoms with van der Waals surface area (Å²) >= 11 is 0. The first kappa shape index (κ1) is 16.1. The molecule has 25 heavy (non-hydrogen) atoms. The second-order valence-corrected chi connectivity index (χ2v) is 5.08. The molecule has 0 aliphatic carbocycles. The summed E-state index contributed by atoms with van der Waals surface area (Å²) < 4.78 is 1.31. The Morgan fingerprint density at radius 2 is 1.56 bits per heavy atom. The maximum absolute atomic E-state index is 12.0. The molecule has 0 unspecified atom stereocenters. The predicted molar refractivity (Wildman–Crippen MR) is 92.0 cm³/mol. The predicted octanol–water partition coefficient (Wildman–Crippen LogP) is 1.96. The number of hydrogen-bond acceptors (Lipinski definition) is 5. The third-order valence-electron chi connectivity index (χ3n) is 3.13. The Morgan fingerprint density at radius 1 is 0.880 bits per heavy atom. The van der Waals surface area contributed by atoms with Crippen LogP contribution in [0.1, 0.15) is 0 Å². The average Bonchev–Trinajstić information content (AvgIpc) is 3.08. The van der Waals surface area contributed by atoms with E-state index in [-0.39, 0.29) is 18.5 Å². The number of carbonyl (C=O) groups is 2. The van der Waals surface area contributed by atoms with Crippen molar-refractivity contribution in [3.8, 4) is 0 Å². The fourth-order valence-electron chi connectivity index (χ4n) is 2.09. The second-order valence-electron chi connectivity index (χ2n) is 5.08. The fraction of sp³-hybridized carbons (Fsp3) is 0.0625. The van der Waals surface area contributed by atoms with Crippen LogP contribution in [0.2, 0.25) is 0 Å². The number of urea groups is 1. The van der Waals surface area contributed by atoms with E-state index in [0.29, 0.717) is 17.1 Å². The van der Waals surface area contributed by atoms with E-state index in [1.807, 2.05) is 18.2 Å². The zero-order valence-corrected chi connectivity index (χ0v) is 13.1. The molecule has 0 fully saturated rings. The SMILES string of the molecule is O=C(Cn1cnnn1)Nc1cccc(NC(=O)Nc2ccccc2)c1. The minimum atomic E-state index is -0.372. The summed E-state index contributed by atoms with van der Waals surface area (Å²) in [6.45, 7) is -0.000844. The molecule has 0 saturated heterocycles. The zero-order valence-electron chi connectivity index (χ0n) is 13.1. The lowest BCUT2D eigenvalue weighted by Crippen LogP contribution is -2.20. The Kier molecular flexibility index (Phi) is 4.95. The van der Waals surface area contributed by atoms with Crippen LogP contribution in [-0.2, 0) is 11.3 Å². The quantitative estimate of drug-likeness (QED) is 0.658. The van der Waals surface area contributed by atoms with Crippen LogP contribution in [-0.4, -0.2) is 32.1 Å². The average molecular weight is 337 g/mol. The first-order valence-electron chi connectivity index (χ1n) is 7.43. The van der Waals surface area contributed by atoms with Crippen LogP contribution in [0.5, 0.6) is 0 Å². The van der Waals surface area contributed by atoms with Gasteiger partial charge in [0, 0.05) is 17.1 Å². The van der Waals surface area contributed by atoms with Gasteiger partial charge in [0.2, 0.25) is 5.91 Å². The van der Waals surface area contributed by atoms with Gasteiger partial charge < -0.3 is 16.0 Å². The number of anilines is 3. The lowest BCUT2D eigenvalue weighted by Gasteiger charge is -2.10. The molecule has 0 radical (unpaired) electrons. The maximum atomic E-state index is 12.0. The number of para-hydroxylation sites is 1. The highest BCUT2D eigenvalue weighted by Gasteiger charge is 2.07. The second kappa shape index (κ2) is 7.68. The Labute approximate surface area is 143 Å². The Morgan fingerprint density at radius 3 is 2.28 bits per heavy atom. The molecule has 0 aliphatic rings. The van der Waals surface area contributed by atoms with Gasteiger partial charge in [0.15, 0.2) is 0 Å². The lowest BCUT2D eigenvalue weighted by atomic mass is 10.2. The summed E-state index contributed by atoms with van der Waals surface area (Å²) in [6.07, 6.45) is 1.35. The molecule has 0 atom stereocenters. The summed E-state index contributed by atoms with van der Waals surface area (Å²) in [5.74, 6) is -0.279.